The van der Waals surface area contributed by atoms with E-state index in [1.165, 1.54) is 0 Å². The van der Waals surface area contributed by atoms with Gasteiger partial charge in [0, 0.05) is 26.1 Å². The van der Waals surface area contributed by atoms with Gasteiger partial charge in [-0.05, 0) is 38.0 Å². The molecule has 1 heterocycles. The minimum absolute atomic E-state index is 0.101. The van der Waals surface area contributed by atoms with E-state index in [0.29, 0.717) is 25.2 Å². The van der Waals surface area contributed by atoms with Crippen LogP contribution in [-0.2, 0) is 14.3 Å². The van der Waals surface area contributed by atoms with Gasteiger partial charge in [-0.3, -0.25) is 9.59 Å². The molecule has 2 fully saturated rings. The molecule has 108 valence electrons. The van der Waals surface area contributed by atoms with E-state index in [4.69, 9.17) is 9.84 Å². The first-order valence-electron chi connectivity index (χ1n) is 7.13. The summed E-state index contributed by atoms with van der Waals surface area (Å²) in [6, 6.07) is 0. The van der Waals surface area contributed by atoms with Crippen molar-refractivity contribution >= 4 is 11.9 Å². The first-order valence-corrected chi connectivity index (χ1v) is 7.13. The number of hydrogen-bond donors (Lipinski definition) is 1. The van der Waals surface area contributed by atoms with Gasteiger partial charge < -0.3 is 14.7 Å². The van der Waals surface area contributed by atoms with Crippen LogP contribution in [0, 0.1) is 17.8 Å². The molecule has 0 spiro atoms. The van der Waals surface area contributed by atoms with Gasteiger partial charge in [-0.25, -0.2) is 0 Å². The molecule has 1 saturated carbocycles. The second-order valence-electron chi connectivity index (χ2n) is 5.85. The Kier molecular flexibility index (Phi) is 4.80. The Morgan fingerprint density at radius 2 is 2.00 bits per heavy atom. The molecule has 2 aliphatic rings. The fraction of sp³-hybridized carbons (Fsp3) is 0.857. The zero-order valence-corrected chi connectivity index (χ0v) is 11.5. The highest BCUT2D eigenvalue weighted by Crippen LogP contribution is 2.32. The number of nitrogens with zero attached hydrogens (tertiary/aromatic N) is 1. The van der Waals surface area contributed by atoms with Crippen LogP contribution < -0.4 is 0 Å². The zero-order valence-electron chi connectivity index (χ0n) is 11.5. The molecular formula is C14H23NO4. The Bertz CT molecular complexity index is 338. The number of carboxylic acids is 1. The standard InChI is InChI=1S/C14H23NO4/c1-15(8-10-3-2-6-19-9-10)13(16)11-4-5-12(7-11)14(17)18/h10-12H,2-9H2,1H3,(H,17,18). The predicted molar refractivity (Wildman–Crippen MR) is 69.6 cm³/mol. The van der Waals surface area contributed by atoms with E-state index >= 15 is 0 Å². The van der Waals surface area contributed by atoms with Crippen LogP contribution in [0.1, 0.15) is 32.1 Å². The number of ether oxygens (including phenoxy) is 1. The Morgan fingerprint density at radius 3 is 2.58 bits per heavy atom. The van der Waals surface area contributed by atoms with Gasteiger partial charge in [-0.1, -0.05) is 0 Å². The summed E-state index contributed by atoms with van der Waals surface area (Å²) in [6.07, 6.45) is 4.02. The number of carbonyl (C=O) groups excluding carboxylic acids is 1. The molecule has 0 radical (unpaired) electrons. The third-order valence-corrected chi connectivity index (χ3v) is 4.29. The minimum atomic E-state index is -0.765. The smallest absolute Gasteiger partial charge is 0.306 e. The van der Waals surface area contributed by atoms with Gasteiger partial charge in [-0.2, -0.15) is 0 Å². The molecule has 2 rings (SSSR count). The van der Waals surface area contributed by atoms with E-state index < -0.39 is 5.97 Å². The average Bonchev–Trinajstić information content (AvgIpc) is 2.88. The quantitative estimate of drug-likeness (QED) is 0.837. The number of hydrogen-bond acceptors (Lipinski definition) is 3. The highest BCUT2D eigenvalue weighted by atomic mass is 16.5. The summed E-state index contributed by atoms with van der Waals surface area (Å²) in [5.41, 5.74) is 0. The van der Waals surface area contributed by atoms with Gasteiger partial charge >= 0.3 is 5.97 Å². The number of rotatable bonds is 4. The lowest BCUT2D eigenvalue weighted by Gasteiger charge is -2.28. The van der Waals surface area contributed by atoms with Gasteiger partial charge in [-0.15, -0.1) is 0 Å². The Hall–Kier alpha value is -1.10. The summed E-state index contributed by atoms with van der Waals surface area (Å²) in [4.78, 5) is 25.0. The van der Waals surface area contributed by atoms with Crippen LogP contribution in [0.5, 0.6) is 0 Å². The van der Waals surface area contributed by atoms with E-state index in [1.54, 1.807) is 4.90 Å². The van der Waals surface area contributed by atoms with E-state index in [2.05, 4.69) is 0 Å². The van der Waals surface area contributed by atoms with Crippen molar-refractivity contribution in [3.8, 4) is 0 Å². The normalized spacial score (nSPS) is 31.1. The van der Waals surface area contributed by atoms with Crippen molar-refractivity contribution in [3.63, 3.8) is 0 Å². The lowest BCUT2D eigenvalue weighted by Crippen LogP contribution is -2.38. The van der Waals surface area contributed by atoms with Crippen molar-refractivity contribution in [3.05, 3.63) is 0 Å². The van der Waals surface area contributed by atoms with Crippen molar-refractivity contribution in [2.45, 2.75) is 32.1 Å². The average molecular weight is 269 g/mol. The number of carboxylic acid groups (broad SMARTS) is 1. The maximum absolute atomic E-state index is 12.3. The molecule has 0 aromatic carbocycles. The number of amides is 1. The Morgan fingerprint density at radius 1 is 1.26 bits per heavy atom. The number of carbonyl (C=O) groups is 2. The highest BCUT2D eigenvalue weighted by Gasteiger charge is 2.35. The van der Waals surface area contributed by atoms with Crippen LogP contribution in [-0.4, -0.2) is 48.7 Å². The van der Waals surface area contributed by atoms with Gasteiger partial charge in [0.2, 0.25) is 5.91 Å². The van der Waals surface area contributed by atoms with Crippen LogP contribution >= 0.6 is 0 Å². The second kappa shape index (κ2) is 6.37. The van der Waals surface area contributed by atoms with Crippen molar-refractivity contribution in [2.24, 2.45) is 17.8 Å². The van der Waals surface area contributed by atoms with Gasteiger partial charge in [0.1, 0.15) is 0 Å². The lowest BCUT2D eigenvalue weighted by molar-refractivity contribution is -0.141. The van der Waals surface area contributed by atoms with Gasteiger partial charge in [0.25, 0.3) is 0 Å². The van der Waals surface area contributed by atoms with E-state index in [1.807, 2.05) is 7.05 Å². The molecule has 0 aromatic rings. The van der Waals surface area contributed by atoms with Crippen LogP contribution in [0.25, 0.3) is 0 Å². The van der Waals surface area contributed by atoms with E-state index in [9.17, 15) is 9.59 Å². The van der Waals surface area contributed by atoms with Gasteiger partial charge in [0.05, 0.1) is 12.5 Å². The molecule has 1 amide bonds. The Labute approximate surface area is 113 Å². The summed E-state index contributed by atoms with van der Waals surface area (Å²) in [5.74, 6) is -0.664. The van der Waals surface area contributed by atoms with Crippen molar-refractivity contribution in [2.75, 3.05) is 26.8 Å². The molecule has 5 nitrogen and oxygen atoms in total. The van der Waals surface area contributed by atoms with Crippen LogP contribution in [0.3, 0.4) is 0 Å². The summed E-state index contributed by atoms with van der Waals surface area (Å²) in [6.45, 7) is 2.30. The summed E-state index contributed by atoms with van der Waals surface area (Å²) in [7, 11) is 1.82. The first kappa shape index (κ1) is 14.3. The second-order valence-corrected chi connectivity index (χ2v) is 5.85. The van der Waals surface area contributed by atoms with Gasteiger partial charge in [0.15, 0.2) is 0 Å². The van der Waals surface area contributed by atoms with Crippen LogP contribution in [0.4, 0.5) is 0 Å². The molecule has 0 aromatic heterocycles. The maximum atomic E-state index is 12.3. The largest absolute Gasteiger partial charge is 0.481 e. The van der Waals surface area contributed by atoms with E-state index in [-0.39, 0.29) is 17.7 Å². The third kappa shape index (κ3) is 3.69. The first-order chi connectivity index (χ1) is 9.08. The predicted octanol–water partition coefficient (Wildman–Crippen LogP) is 1.37. The summed E-state index contributed by atoms with van der Waals surface area (Å²) < 4.78 is 5.42. The molecule has 3 atom stereocenters. The van der Waals surface area contributed by atoms with Crippen LogP contribution in [0.2, 0.25) is 0 Å². The molecule has 3 unspecified atom stereocenters. The van der Waals surface area contributed by atoms with Crippen molar-refractivity contribution < 1.29 is 19.4 Å². The molecule has 0 bridgehead atoms. The topological polar surface area (TPSA) is 66.8 Å². The van der Waals surface area contributed by atoms with Crippen molar-refractivity contribution in [1.82, 2.24) is 4.90 Å². The van der Waals surface area contributed by atoms with Crippen molar-refractivity contribution in [1.29, 1.82) is 0 Å². The monoisotopic (exact) mass is 269 g/mol. The highest BCUT2D eigenvalue weighted by molar-refractivity contribution is 5.80. The molecular weight excluding hydrogens is 246 g/mol. The van der Waals surface area contributed by atoms with E-state index in [0.717, 1.165) is 32.6 Å². The zero-order chi connectivity index (χ0) is 13.8. The molecule has 5 heteroatoms. The summed E-state index contributed by atoms with van der Waals surface area (Å²) >= 11 is 0. The minimum Gasteiger partial charge on any atom is -0.481 e. The molecule has 1 aliphatic carbocycles. The Balaban J connectivity index is 1.80. The lowest BCUT2D eigenvalue weighted by atomic mass is 10.00. The molecule has 1 saturated heterocycles. The van der Waals surface area contributed by atoms with Crippen LogP contribution in [0.15, 0.2) is 0 Å². The summed E-state index contributed by atoms with van der Waals surface area (Å²) in [5, 5.41) is 8.97. The number of aliphatic carboxylic acids is 1. The molecule has 1 N–H and O–H groups in total. The maximum Gasteiger partial charge on any atom is 0.306 e. The fourth-order valence-corrected chi connectivity index (χ4v) is 3.17. The third-order valence-electron chi connectivity index (χ3n) is 4.29. The SMILES string of the molecule is CN(CC1CCCOC1)C(=O)C1CCC(C(=O)O)C1. The fourth-order valence-electron chi connectivity index (χ4n) is 3.17. The molecule has 19 heavy (non-hydrogen) atoms. The molecule has 1 aliphatic heterocycles.